The fourth-order valence-electron chi connectivity index (χ4n) is 2.89. The quantitative estimate of drug-likeness (QED) is 0.187. The van der Waals surface area contributed by atoms with Crippen LogP contribution in [0.1, 0.15) is 54.4 Å². The Balaban J connectivity index is 4.24. The van der Waals surface area contributed by atoms with Gasteiger partial charge in [-0.25, -0.2) is 0 Å². The maximum absolute atomic E-state index is 5.92. The monoisotopic (exact) mass is 490 g/mol. The van der Waals surface area contributed by atoms with Crippen LogP contribution in [0, 0.1) is 0 Å². The Kier molecular flexibility index (Phi) is 18.0. The van der Waals surface area contributed by atoms with Gasteiger partial charge in [0, 0.05) is 0 Å². The van der Waals surface area contributed by atoms with Crippen molar-refractivity contribution < 1.29 is 26.6 Å². The fourth-order valence-corrected chi connectivity index (χ4v) is 11.1. The molecule has 0 aromatic heterocycles. The predicted octanol–water partition coefficient (Wildman–Crippen LogP) is 4.40. The van der Waals surface area contributed by atoms with E-state index in [9.17, 15) is 0 Å². The van der Waals surface area contributed by atoms with Crippen LogP contribution in [0.25, 0.3) is 0 Å². The van der Waals surface area contributed by atoms with E-state index >= 15 is 0 Å². The summed E-state index contributed by atoms with van der Waals surface area (Å²) in [6.45, 7) is 15.9. The molecule has 0 rings (SSSR count). The minimum atomic E-state index is -2.47. The first-order valence-corrected chi connectivity index (χ1v) is 16.8. The van der Waals surface area contributed by atoms with E-state index in [1.54, 1.807) is 0 Å². The number of rotatable bonds is 20. The first-order chi connectivity index (χ1) is 13.1. The Bertz CT molecular complexity index is 275. The van der Waals surface area contributed by atoms with E-state index in [0.29, 0.717) is 54.6 Å². The topological polar surface area (TPSA) is 55.4 Å². The van der Waals surface area contributed by atoms with Gasteiger partial charge in [0.2, 0.25) is 0 Å². The van der Waals surface area contributed by atoms with Crippen molar-refractivity contribution in [1.82, 2.24) is 0 Å². The molecule has 0 atom stereocenters. The molecule has 0 spiro atoms. The second-order valence-corrected chi connectivity index (χ2v) is 13.8. The zero-order chi connectivity index (χ0) is 20.4. The molecule has 0 aromatic carbocycles. The molecule has 0 heterocycles. The van der Waals surface area contributed by atoms with Gasteiger partial charge in [-0.1, -0.05) is 0 Å². The average Bonchev–Trinajstić information content (AvgIpc) is 2.62. The van der Waals surface area contributed by atoms with Gasteiger partial charge in [0.25, 0.3) is 0 Å². The van der Waals surface area contributed by atoms with Crippen LogP contribution in [0.3, 0.4) is 0 Å². The molecule has 0 aliphatic heterocycles. The third kappa shape index (κ3) is 12.1. The SMILES string of the molecule is CCO[Si](CCC[Se]CCC[Si](OCC)(OCC)OCC)(OCC)OCC. The van der Waals surface area contributed by atoms with Crippen molar-refractivity contribution in [1.29, 1.82) is 0 Å². The Morgan fingerprint density at radius 1 is 0.481 bits per heavy atom. The second-order valence-electron chi connectivity index (χ2n) is 5.78. The second kappa shape index (κ2) is 17.6. The Morgan fingerprint density at radius 3 is 0.963 bits per heavy atom. The van der Waals surface area contributed by atoms with Gasteiger partial charge in [-0.3, -0.25) is 0 Å². The van der Waals surface area contributed by atoms with Crippen molar-refractivity contribution in [2.45, 2.75) is 77.1 Å². The molecule has 0 amide bonds. The summed E-state index contributed by atoms with van der Waals surface area (Å²) in [5.41, 5.74) is 0. The Morgan fingerprint density at radius 2 is 0.741 bits per heavy atom. The first kappa shape index (κ1) is 27.7. The van der Waals surface area contributed by atoms with E-state index in [1.807, 2.05) is 41.5 Å². The van der Waals surface area contributed by atoms with Gasteiger partial charge in [0.15, 0.2) is 0 Å². The van der Waals surface area contributed by atoms with Crippen LogP contribution in [-0.2, 0) is 26.6 Å². The summed E-state index contributed by atoms with van der Waals surface area (Å²) in [6, 6.07) is 1.83. The van der Waals surface area contributed by atoms with Crippen LogP contribution >= 0.6 is 0 Å². The van der Waals surface area contributed by atoms with Crippen LogP contribution < -0.4 is 0 Å². The molecule has 0 radical (unpaired) electrons. The molecule has 0 aliphatic carbocycles. The molecule has 164 valence electrons. The van der Waals surface area contributed by atoms with Crippen LogP contribution in [0.15, 0.2) is 0 Å². The van der Waals surface area contributed by atoms with Crippen LogP contribution in [0.4, 0.5) is 0 Å². The molecule has 0 aromatic rings. The summed E-state index contributed by atoms with van der Waals surface area (Å²) in [5, 5.41) is 2.45. The van der Waals surface area contributed by atoms with Gasteiger partial charge >= 0.3 is 176 Å². The van der Waals surface area contributed by atoms with Crippen molar-refractivity contribution in [2.24, 2.45) is 0 Å². The molecule has 0 N–H and O–H groups in total. The van der Waals surface area contributed by atoms with Gasteiger partial charge in [-0.05, 0) is 0 Å². The molecular weight excluding hydrogens is 447 g/mol. The van der Waals surface area contributed by atoms with Crippen molar-refractivity contribution in [2.75, 3.05) is 39.6 Å². The van der Waals surface area contributed by atoms with Gasteiger partial charge in [0.05, 0.1) is 0 Å². The molecule has 0 bridgehead atoms. The van der Waals surface area contributed by atoms with E-state index in [0.717, 1.165) is 24.9 Å². The Labute approximate surface area is 175 Å². The summed E-state index contributed by atoms with van der Waals surface area (Å²) < 4.78 is 35.5. The van der Waals surface area contributed by atoms with Crippen molar-refractivity contribution in [3.8, 4) is 0 Å². The summed E-state index contributed by atoms with van der Waals surface area (Å²) in [6.07, 6.45) is 2.22. The molecule has 27 heavy (non-hydrogen) atoms. The van der Waals surface area contributed by atoms with E-state index < -0.39 is 17.6 Å². The van der Waals surface area contributed by atoms with Crippen molar-refractivity contribution in [3.05, 3.63) is 0 Å². The van der Waals surface area contributed by atoms with Gasteiger partial charge in [-0.15, -0.1) is 0 Å². The zero-order valence-corrected chi connectivity index (χ0v) is 22.1. The van der Waals surface area contributed by atoms with Gasteiger partial charge < -0.3 is 0 Å². The van der Waals surface area contributed by atoms with E-state index in [-0.39, 0.29) is 0 Å². The van der Waals surface area contributed by atoms with Crippen LogP contribution in [0.5, 0.6) is 0 Å². The molecule has 0 unspecified atom stereocenters. The van der Waals surface area contributed by atoms with Gasteiger partial charge in [0.1, 0.15) is 0 Å². The molecule has 0 saturated heterocycles. The standard InChI is InChI=1S/C18H42O6SeSi2/c1-7-19-26(20-8-2,21-9-3)17-13-15-25-16-14-18-27(22-10-4,23-11-5)24-12-6/h7-18H2,1-6H3. The number of hydrogen-bond donors (Lipinski definition) is 0. The van der Waals surface area contributed by atoms with E-state index in [2.05, 4.69) is 0 Å². The van der Waals surface area contributed by atoms with E-state index in [4.69, 9.17) is 26.6 Å². The average molecular weight is 490 g/mol. The van der Waals surface area contributed by atoms with Crippen molar-refractivity contribution >= 4 is 32.6 Å². The molecule has 0 aliphatic rings. The number of hydrogen-bond acceptors (Lipinski definition) is 6. The summed E-state index contributed by atoms with van der Waals surface area (Å²) >= 11 is 0.607. The van der Waals surface area contributed by atoms with E-state index in [1.165, 1.54) is 10.6 Å². The summed E-state index contributed by atoms with van der Waals surface area (Å²) in [5.74, 6) is 0. The first-order valence-electron chi connectivity index (χ1n) is 10.5. The fraction of sp³-hybridized carbons (Fsp3) is 1.00. The molecule has 0 fully saturated rings. The third-order valence-electron chi connectivity index (χ3n) is 3.73. The van der Waals surface area contributed by atoms with Gasteiger partial charge in [-0.2, -0.15) is 0 Å². The summed E-state index contributed by atoms with van der Waals surface area (Å²) in [4.78, 5) is 0. The van der Waals surface area contributed by atoms with Crippen molar-refractivity contribution in [3.63, 3.8) is 0 Å². The molecular formula is C18H42O6SeSi2. The zero-order valence-electron chi connectivity index (χ0n) is 18.3. The van der Waals surface area contributed by atoms with Crippen LogP contribution in [0.2, 0.25) is 22.7 Å². The predicted molar refractivity (Wildman–Crippen MR) is 115 cm³/mol. The van der Waals surface area contributed by atoms with Crippen LogP contribution in [-0.4, -0.2) is 72.2 Å². The normalized spacial score (nSPS) is 12.7. The minimum absolute atomic E-state index is 0.607. The maximum atomic E-state index is 5.92. The molecule has 9 heteroatoms. The Hall–Kier alpha value is 0.713. The summed E-state index contributed by atoms with van der Waals surface area (Å²) in [7, 11) is -4.94. The molecule has 6 nitrogen and oxygen atoms in total. The third-order valence-corrected chi connectivity index (χ3v) is 12.5. The molecule has 0 saturated carbocycles.